The maximum atomic E-state index is 12.2. The molecule has 1 rings (SSSR count). The summed E-state index contributed by atoms with van der Waals surface area (Å²) in [6.45, 7) is 12.7. The van der Waals surface area contributed by atoms with Crippen LogP contribution in [0.1, 0.15) is 34.6 Å². The van der Waals surface area contributed by atoms with Gasteiger partial charge in [0, 0.05) is 37.0 Å². The van der Waals surface area contributed by atoms with Gasteiger partial charge in [0.15, 0.2) is 0 Å². The Balaban J connectivity index is 2.64. The van der Waals surface area contributed by atoms with Crippen LogP contribution in [-0.4, -0.2) is 58.5 Å². The zero-order valence-corrected chi connectivity index (χ0v) is 13.7. The van der Waals surface area contributed by atoms with Gasteiger partial charge in [0.25, 0.3) is 0 Å². The first-order chi connectivity index (χ1) is 8.24. The number of piperazine rings is 1. The van der Waals surface area contributed by atoms with Gasteiger partial charge in [0.2, 0.25) is 0 Å². The predicted octanol–water partition coefficient (Wildman–Crippen LogP) is 2.71. The average molecular weight is 321 g/mol. The van der Waals surface area contributed by atoms with Crippen LogP contribution in [0.3, 0.4) is 0 Å². The lowest BCUT2D eigenvalue weighted by Crippen LogP contribution is -2.59. The minimum Gasteiger partial charge on any atom is -0.444 e. The fourth-order valence-electron chi connectivity index (χ4n) is 2.41. The van der Waals surface area contributed by atoms with Crippen molar-refractivity contribution in [2.45, 2.75) is 52.3 Å². The Morgan fingerprint density at radius 2 is 1.78 bits per heavy atom. The summed E-state index contributed by atoms with van der Waals surface area (Å²) in [6.07, 6.45) is -0.194. The summed E-state index contributed by atoms with van der Waals surface area (Å²) < 4.78 is 5.47. The number of rotatable bonds is 2. The molecule has 106 valence electrons. The quantitative estimate of drug-likeness (QED) is 0.733. The predicted molar refractivity (Wildman–Crippen MR) is 77.2 cm³/mol. The first kappa shape index (κ1) is 15.8. The second kappa shape index (κ2) is 6.24. The molecule has 1 amide bonds. The van der Waals surface area contributed by atoms with Crippen molar-refractivity contribution in [2.75, 3.05) is 25.0 Å². The molecule has 0 aliphatic carbocycles. The van der Waals surface area contributed by atoms with E-state index in [1.54, 1.807) is 0 Å². The zero-order chi connectivity index (χ0) is 13.9. The number of hydrogen-bond acceptors (Lipinski definition) is 3. The van der Waals surface area contributed by atoms with Crippen molar-refractivity contribution in [1.82, 2.24) is 9.80 Å². The number of alkyl halides is 1. The highest BCUT2D eigenvalue weighted by atomic mass is 79.9. The van der Waals surface area contributed by atoms with Crippen molar-refractivity contribution < 1.29 is 9.53 Å². The Hall–Kier alpha value is -0.290. The SMILES string of the molecule is CC1CN(CCBr)CC(C)N1C(=O)OC(C)(C)C. The van der Waals surface area contributed by atoms with Crippen molar-refractivity contribution in [2.24, 2.45) is 0 Å². The van der Waals surface area contributed by atoms with Gasteiger partial charge < -0.3 is 9.64 Å². The van der Waals surface area contributed by atoms with Gasteiger partial charge in [-0.2, -0.15) is 0 Å². The van der Waals surface area contributed by atoms with E-state index in [1.807, 2.05) is 25.7 Å². The van der Waals surface area contributed by atoms with Crippen LogP contribution in [0.4, 0.5) is 4.79 Å². The standard InChI is InChI=1S/C13H25BrN2O2/c1-10-8-15(7-6-14)9-11(2)16(10)12(17)18-13(3,4)5/h10-11H,6-9H2,1-5H3. The molecule has 0 saturated carbocycles. The summed E-state index contributed by atoms with van der Waals surface area (Å²) in [6, 6.07) is 0.394. The van der Waals surface area contributed by atoms with Crippen molar-refractivity contribution in [3.63, 3.8) is 0 Å². The lowest BCUT2D eigenvalue weighted by molar-refractivity contribution is -0.0139. The topological polar surface area (TPSA) is 32.8 Å². The number of amides is 1. The van der Waals surface area contributed by atoms with E-state index in [2.05, 4.69) is 34.7 Å². The molecule has 18 heavy (non-hydrogen) atoms. The highest BCUT2D eigenvalue weighted by Gasteiger charge is 2.35. The van der Waals surface area contributed by atoms with Crippen molar-refractivity contribution in [1.29, 1.82) is 0 Å². The zero-order valence-electron chi connectivity index (χ0n) is 12.1. The monoisotopic (exact) mass is 320 g/mol. The molecular formula is C13H25BrN2O2. The Bertz CT molecular complexity index is 279. The summed E-state index contributed by atoms with van der Waals surface area (Å²) in [4.78, 5) is 16.4. The number of ether oxygens (including phenoxy) is 1. The highest BCUT2D eigenvalue weighted by molar-refractivity contribution is 9.09. The minimum absolute atomic E-state index is 0.194. The molecule has 1 fully saturated rings. The lowest BCUT2D eigenvalue weighted by atomic mass is 10.1. The molecule has 0 aromatic carbocycles. The van der Waals surface area contributed by atoms with Gasteiger partial charge in [0.1, 0.15) is 5.60 Å². The smallest absolute Gasteiger partial charge is 0.410 e. The first-order valence-electron chi connectivity index (χ1n) is 6.54. The normalized spacial score (nSPS) is 26.2. The third-order valence-electron chi connectivity index (χ3n) is 3.00. The van der Waals surface area contributed by atoms with E-state index in [4.69, 9.17) is 4.74 Å². The summed E-state index contributed by atoms with van der Waals surface area (Å²) in [5, 5.41) is 0.971. The van der Waals surface area contributed by atoms with Gasteiger partial charge in [-0.15, -0.1) is 0 Å². The van der Waals surface area contributed by atoms with E-state index in [9.17, 15) is 4.79 Å². The van der Waals surface area contributed by atoms with Crippen LogP contribution in [0.25, 0.3) is 0 Å². The molecule has 0 N–H and O–H groups in total. The number of carbonyl (C=O) groups excluding carboxylic acids is 1. The first-order valence-corrected chi connectivity index (χ1v) is 7.66. The molecular weight excluding hydrogens is 296 g/mol. The third-order valence-corrected chi connectivity index (χ3v) is 3.35. The molecule has 5 heteroatoms. The van der Waals surface area contributed by atoms with E-state index in [0.29, 0.717) is 0 Å². The van der Waals surface area contributed by atoms with Crippen molar-refractivity contribution >= 4 is 22.0 Å². The van der Waals surface area contributed by atoms with E-state index in [0.717, 1.165) is 25.0 Å². The maximum Gasteiger partial charge on any atom is 0.410 e. The molecule has 1 heterocycles. The van der Waals surface area contributed by atoms with Gasteiger partial charge in [-0.25, -0.2) is 4.79 Å². The number of carbonyl (C=O) groups is 1. The molecule has 1 saturated heterocycles. The fourth-order valence-corrected chi connectivity index (χ4v) is 2.91. The minimum atomic E-state index is -0.427. The molecule has 4 nitrogen and oxygen atoms in total. The Labute approximate surface area is 119 Å². The van der Waals surface area contributed by atoms with Gasteiger partial charge in [-0.3, -0.25) is 4.90 Å². The van der Waals surface area contributed by atoms with Gasteiger partial charge in [-0.1, -0.05) is 15.9 Å². The van der Waals surface area contributed by atoms with E-state index in [-0.39, 0.29) is 18.2 Å². The van der Waals surface area contributed by atoms with Crippen molar-refractivity contribution in [3.05, 3.63) is 0 Å². The van der Waals surface area contributed by atoms with Crippen LogP contribution in [0.15, 0.2) is 0 Å². The third kappa shape index (κ3) is 4.43. The molecule has 1 aliphatic heterocycles. The second-order valence-corrected chi connectivity index (χ2v) is 6.83. The highest BCUT2D eigenvalue weighted by Crippen LogP contribution is 2.19. The van der Waals surface area contributed by atoms with E-state index in [1.165, 1.54) is 0 Å². The molecule has 0 bridgehead atoms. The molecule has 0 spiro atoms. The lowest BCUT2D eigenvalue weighted by Gasteiger charge is -2.44. The Morgan fingerprint density at radius 1 is 1.28 bits per heavy atom. The Morgan fingerprint density at radius 3 is 2.17 bits per heavy atom. The summed E-state index contributed by atoms with van der Waals surface area (Å²) in [5.74, 6) is 0. The van der Waals surface area contributed by atoms with Crippen LogP contribution in [-0.2, 0) is 4.74 Å². The second-order valence-electron chi connectivity index (χ2n) is 6.03. The van der Waals surface area contributed by atoms with Crippen LogP contribution in [0.2, 0.25) is 0 Å². The molecule has 2 unspecified atom stereocenters. The van der Waals surface area contributed by atoms with Crippen LogP contribution >= 0.6 is 15.9 Å². The van der Waals surface area contributed by atoms with E-state index < -0.39 is 5.60 Å². The van der Waals surface area contributed by atoms with Crippen LogP contribution < -0.4 is 0 Å². The number of nitrogens with zero attached hydrogens (tertiary/aromatic N) is 2. The Kier molecular flexibility index (Phi) is 5.46. The summed E-state index contributed by atoms with van der Waals surface area (Å²) >= 11 is 3.46. The van der Waals surface area contributed by atoms with Gasteiger partial charge in [-0.05, 0) is 34.6 Å². The maximum absolute atomic E-state index is 12.2. The van der Waals surface area contributed by atoms with Crippen LogP contribution in [0.5, 0.6) is 0 Å². The van der Waals surface area contributed by atoms with E-state index >= 15 is 0 Å². The molecule has 0 aromatic heterocycles. The largest absolute Gasteiger partial charge is 0.444 e. The summed E-state index contributed by atoms with van der Waals surface area (Å²) in [5.41, 5.74) is -0.427. The molecule has 2 atom stereocenters. The molecule has 1 aliphatic rings. The summed E-state index contributed by atoms with van der Waals surface area (Å²) in [7, 11) is 0. The fraction of sp³-hybridized carbons (Fsp3) is 0.923. The number of halogens is 1. The van der Waals surface area contributed by atoms with Gasteiger partial charge >= 0.3 is 6.09 Å². The number of hydrogen-bond donors (Lipinski definition) is 0. The molecule has 0 aromatic rings. The van der Waals surface area contributed by atoms with Gasteiger partial charge in [0.05, 0.1) is 0 Å². The average Bonchev–Trinajstić information content (AvgIpc) is 2.13. The van der Waals surface area contributed by atoms with Crippen molar-refractivity contribution in [3.8, 4) is 0 Å². The molecule has 0 radical (unpaired) electrons. The van der Waals surface area contributed by atoms with Crippen LogP contribution in [0, 0.1) is 0 Å².